The first-order valence-electron chi connectivity index (χ1n) is 5.60. The van der Waals surface area contributed by atoms with Crippen LogP contribution < -0.4 is 0 Å². The fraction of sp³-hybridized carbons (Fsp3) is 0.0667. The molecular weight excluding hydrogens is 243 g/mol. The largest absolute Gasteiger partial charge is 0.390 e. The maximum absolute atomic E-state index is 12.9. The highest BCUT2D eigenvalue weighted by Crippen LogP contribution is 2.05. The summed E-state index contributed by atoms with van der Waals surface area (Å²) in [7, 11) is 0. The normalized spacial score (nSPS) is 10.3. The van der Waals surface area contributed by atoms with Gasteiger partial charge in [0.2, 0.25) is 0 Å². The summed E-state index contributed by atoms with van der Waals surface area (Å²) < 4.78 is 12.9. The second-order valence-corrected chi connectivity index (χ2v) is 3.80. The Morgan fingerprint density at radius 1 is 1.11 bits per heavy atom. The molecule has 0 saturated carbocycles. The Hall–Kier alpha value is -2.67. The molecule has 0 spiro atoms. The van der Waals surface area contributed by atoms with E-state index in [1.807, 2.05) is 6.07 Å². The van der Waals surface area contributed by atoms with Gasteiger partial charge in [-0.05, 0) is 29.8 Å². The lowest BCUT2D eigenvalue weighted by atomic mass is 10.2. The Bertz CT molecular complexity index is 615. The van der Waals surface area contributed by atoms with Crippen LogP contribution in [-0.4, -0.2) is 6.21 Å². The number of rotatable bonds is 4. The van der Waals surface area contributed by atoms with Gasteiger partial charge in [0.25, 0.3) is 0 Å². The zero-order valence-corrected chi connectivity index (χ0v) is 10.0. The molecule has 0 aromatic heterocycles. The molecular formula is C15H10FN2O. The molecule has 93 valence electrons. The van der Waals surface area contributed by atoms with Crippen LogP contribution in [0.3, 0.4) is 0 Å². The number of nitriles is 1. The molecule has 0 heterocycles. The van der Waals surface area contributed by atoms with E-state index in [0.29, 0.717) is 16.7 Å². The van der Waals surface area contributed by atoms with Gasteiger partial charge in [0.1, 0.15) is 18.6 Å². The van der Waals surface area contributed by atoms with Gasteiger partial charge in [0, 0.05) is 5.56 Å². The molecule has 0 atom stereocenters. The van der Waals surface area contributed by atoms with E-state index < -0.39 is 0 Å². The van der Waals surface area contributed by atoms with E-state index in [1.165, 1.54) is 12.1 Å². The SMILES string of the molecule is N#Cc1ccc(/[C]=N\OCc2cccc(F)c2)cc1. The van der Waals surface area contributed by atoms with Crippen molar-refractivity contribution in [3.8, 4) is 6.07 Å². The van der Waals surface area contributed by atoms with Gasteiger partial charge in [0.15, 0.2) is 0 Å². The van der Waals surface area contributed by atoms with Gasteiger partial charge in [-0.25, -0.2) is 4.39 Å². The molecule has 0 aliphatic heterocycles. The van der Waals surface area contributed by atoms with Crippen molar-refractivity contribution in [1.82, 2.24) is 0 Å². The van der Waals surface area contributed by atoms with E-state index in [0.717, 1.165) is 0 Å². The summed E-state index contributed by atoms with van der Waals surface area (Å²) in [5.74, 6) is -0.304. The number of hydrogen-bond acceptors (Lipinski definition) is 3. The zero-order chi connectivity index (χ0) is 13.5. The Kier molecular flexibility index (Phi) is 4.25. The van der Waals surface area contributed by atoms with Crippen molar-refractivity contribution in [2.75, 3.05) is 0 Å². The van der Waals surface area contributed by atoms with Gasteiger partial charge in [-0.15, -0.1) is 0 Å². The summed E-state index contributed by atoms with van der Waals surface area (Å²) in [6.07, 6.45) is 2.68. The molecule has 0 aliphatic carbocycles. The van der Waals surface area contributed by atoms with E-state index in [-0.39, 0.29) is 12.4 Å². The number of halogens is 1. The maximum Gasteiger partial charge on any atom is 0.142 e. The third-order valence-corrected chi connectivity index (χ3v) is 2.37. The molecule has 0 fully saturated rings. The van der Waals surface area contributed by atoms with Gasteiger partial charge in [-0.3, -0.25) is 0 Å². The van der Waals surface area contributed by atoms with Crippen LogP contribution >= 0.6 is 0 Å². The van der Waals surface area contributed by atoms with Crippen molar-refractivity contribution in [1.29, 1.82) is 5.26 Å². The first-order valence-corrected chi connectivity index (χ1v) is 5.60. The molecule has 1 radical (unpaired) electrons. The summed E-state index contributed by atoms with van der Waals surface area (Å²) >= 11 is 0. The maximum atomic E-state index is 12.9. The van der Waals surface area contributed by atoms with Crippen LogP contribution in [0.5, 0.6) is 0 Å². The van der Waals surface area contributed by atoms with Gasteiger partial charge in [-0.2, -0.15) is 5.26 Å². The summed E-state index contributed by atoms with van der Waals surface area (Å²) in [6.45, 7) is 0.182. The molecule has 2 aromatic rings. The summed E-state index contributed by atoms with van der Waals surface area (Å²) in [5.41, 5.74) is 1.98. The highest BCUT2D eigenvalue weighted by Gasteiger charge is 1.95. The molecule has 2 aromatic carbocycles. The predicted octanol–water partition coefficient (Wildman–Crippen LogP) is 3.13. The Labute approximate surface area is 110 Å². The van der Waals surface area contributed by atoms with Crippen LogP contribution in [0, 0.1) is 17.1 Å². The Morgan fingerprint density at radius 2 is 1.84 bits per heavy atom. The van der Waals surface area contributed by atoms with Crippen molar-refractivity contribution < 1.29 is 9.23 Å². The highest BCUT2D eigenvalue weighted by atomic mass is 19.1. The monoisotopic (exact) mass is 253 g/mol. The lowest BCUT2D eigenvalue weighted by molar-refractivity contribution is 0.132. The summed E-state index contributed by atoms with van der Waals surface area (Å²) in [6, 6.07) is 14.9. The molecule has 0 N–H and O–H groups in total. The molecule has 4 heteroatoms. The van der Waals surface area contributed by atoms with Crippen molar-refractivity contribution >= 4 is 6.21 Å². The first kappa shape index (κ1) is 12.8. The second kappa shape index (κ2) is 6.31. The lowest BCUT2D eigenvalue weighted by Gasteiger charge is -1.99. The molecule has 19 heavy (non-hydrogen) atoms. The number of nitrogens with zero attached hydrogens (tertiary/aromatic N) is 2. The van der Waals surface area contributed by atoms with Gasteiger partial charge < -0.3 is 4.84 Å². The van der Waals surface area contributed by atoms with Gasteiger partial charge >= 0.3 is 0 Å². The minimum absolute atomic E-state index is 0.182. The molecule has 0 saturated heterocycles. The second-order valence-electron chi connectivity index (χ2n) is 3.80. The standard InChI is InChI=1S/C15H10FN2O/c16-15-3-1-2-14(8-15)11-19-18-10-13-6-4-12(9-17)5-7-13/h1-8H,11H2. The minimum atomic E-state index is -0.304. The van der Waals surface area contributed by atoms with E-state index in [9.17, 15) is 4.39 Å². The molecule has 0 aliphatic rings. The smallest absolute Gasteiger partial charge is 0.142 e. The van der Waals surface area contributed by atoms with E-state index in [2.05, 4.69) is 11.4 Å². The highest BCUT2D eigenvalue weighted by molar-refractivity contribution is 5.79. The van der Waals surface area contributed by atoms with Gasteiger partial charge in [0.05, 0.1) is 11.6 Å². The summed E-state index contributed by atoms with van der Waals surface area (Å²) in [5, 5.41) is 12.3. The molecule has 0 unspecified atom stereocenters. The van der Waals surface area contributed by atoms with Crippen molar-refractivity contribution in [2.24, 2.45) is 5.16 Å². The molecule has 0 bridgehead atoms. The minimum Gasteiger partial charge on any atom is -0.390 e. The fourth-order valence-corrected chi connectivity index (χ4v) is 1.44. The van der Waals surface area contributed by atoms with E-state index >= 15 is 0 Å². The number of hydrogen-bond donors (Lipinski definition) is 0. The summed E-state index contributed by atoms with van der Waals surface area (Å²) in [4.78, 5) is 5.02. The number of benzene rings is 2. The van der Waals surface area contributed by atoms with Crippen LogP contribution in [0.4, 0.5) is 4.39 Å². The van der Waals surface area contributed by atoms with E-state index in [4.69, 9.17) is 10.1 Å². The van der Waals surface area contributed by atoms with Crippen molar-refractivity contribution in [3.63, 3.8) is 0 Å². The quantitative estimate of drug-likeness (QED) is 0.620. The van der Waals surface area contributed by atoms with Crippen LogP contribution in [0.1, 0.15) is 16.7 Å². The predicted molar refractivity (Wildman–Crippen MR) is 68.9 cm³/mol. The van der Waals surface area contributed by atoms with Crippen LogP contribution in [0.2, 0.25) is 0 Å². The zero-order valence-electron chi connectivity index (χ0n) is 10.0. The third-order valence-electron chi connectivity index (χ3n) is 2.37. The topological polar surface area (TPSA) is 45.4 Å². The third kappa shape index (κ3) is 3.93. The average Bonchev–Trinajstić information content (AvgIpc) is 2.44. The molecule has 3 nitrogen and oxygen atoms in total. The average molecular weight is 253 g/mol. The van der Waals surface area contributed by atoms with Crippen LogP contribution in [-0.2, 0) is 11.4 Å². The van der Waals surface area contributed by atoms with E-state index in [1.54, 1.807) is 36.4 Å². The fourth-order valence-electron chi connectivity index (χ4n) is 1.44. The molecule has 2 rings (SSSR count). The Balaban J connectivity index is 1.88. The van der Waals surface area contributed by atoms with Crippen LogP contribution in [0.15, 0.2) is 53.7 Å². The Morgan fingerprint density at radius 3 is 2.53 bits per heavy atom. The van der Waals surface area contributed by atoms with Crippen molar-refractivity contribution in [3.05, 3.63) is 71.0 Å². The first-order chi connectivity index (χ1) is 9.28. The molecule has 0 amide bonds. The lowest BCUT2D eigenvalue weighted by Crippen LogP contribution is -1.89. The van der Waals surface area contributed by atoms with Crippen molar-refractivity contribution in [2.45, 2.75) is 6.61 Å². The van der Waals surface area contributed by atoms with Crippen LogP contribution in [0.25, 0.3) is 0 Å². The van der Waals surface area contributed by atoms with Gasteiger partial charge in [-0.1, -0.05) is 29.4 Å².